The molecule has 2 N–H and O–H groups in total. The molecule has 0 spiro atoms. The molecule has 0 aliphatic carbocycles. The number of hydrogen-bond donors (Lipinski definition) is 1. The van der Waals surface area contributed by atoms with E-state index in [0.29, 0.717) is 19.2 Å². The highest BCUT2D eigenvalue weighted by atomic mass is 79.9. The van der Waals surface area contributed by atoms with Crippen LogP contribution < -0.4 is 5.73 Å². The lowest BCUT2D eigenvalue weighted by atomic mass is 10.1. The lowest BCUT2D eigenvalue weighted by molar-refractivity contribution is 0.0811. The van der Waals surface area contributed by atoms with Gasteiger partial charge < -0.3 is 14.9 Å². The smallest absolute Gasteiger partial charge is 0.136 e. The molecule has 18 heavy (non-hydrogen) atoms. The Labute approximate surface area is 118 Å². The molecule has 0 fully saturated rings. The summed E-state index contributed by atoms with van der Waals surface area (Å²) in [6.07, 6.45) is 2.76. The molecular weight excluding hydrogens is 296 g/mol. The number of ether oxygens (including phenoxy) is 1. The first kappa shape index (κ1) is 15.7. The number of methoxy groups -OCH3 is 1. The first-order chi connectivity index (χ1) is 8.65. The molecule has 0 saturated carbocycles. The molecule has 0 amide bonds. The van der Waals surface area contributed by atoms with E-state index in [2.05, 4.69) is 34.7 Å². The van der Waals surface area contributed by atoms with Gasteiger partial charge in [-0.1, -0.05) is 6.92 Å². The largest absolute Gasteiger partial charge is 0.466 e. The van der Waals surface area contributed by atoms with Crippen LogP contribution in [0.15, 0.2) is 21.2 Å². The van der Waals surface area contributed by atoms with Gasteiger partial charge in [0.25, 0.3) is 0 Å². The lowest BCUT2D eigenvalue weighted by Crippen LogP contribution is -2.41. The first-order valence-electron chi connectivity index (χ1n) is 6.33. The molecule has 1 aromatic heterocycles. The van der Waals surface area contributed by atoms with Gasteiger partial charge in [0.15, 0.2) is 0 Å². The Morgan fingerprint density at radius 3 is 2.72 bits per heavy atom. The third kappa shape index (κ3) is 3.82. The SMILES string of the molecule is CCC(C)N(CCOC)C(CN)c1occc1Br. The van der Waals surface area contributed by atoms with Crippen molar-refractivity contribution in [1.29, 1.82) is 0 Å². The standard InChI is InChI=1S/C13H23BrN2O2/c1-4-10(2)16(6-8-17-3)12(9-15)13-11(14)5-7-18-13/h5,7,10,12H,4,6,8-9,15H2,1-3H3. The molecule has 1 aromatic rings. The van der Waals surface area contributed by atoms with Crippen molar-refractivity contribution in [2.45, 2.75) is 32.4 Å². The Balaban J connectivity index is 2.89. The van der Waals surface area contributed by atoms with Crippen LogP contribution in [-0.2, 0) is 4.74 Å². The van der Waals surface area contributed by atoms with Crippen molar-refractivity contribution in [3.8, 4) is 0 Å². The van der Waals surface area contributed by atoms with E-state index in [9.17, 15) is 0 Å². The van der Waals surface area contributed by atoms with Gasteiger partial charge in [-0.15, -0.1) is 0 Å². The van der Waals surface area contributed by atoms with Crippen molar-refractivity contribution >= 4 is 15.9 Å². The molecule has 0 aliphatic heterocycles. The molecule has 0 aliphatic rings. The summed E-state index contributed by atoms with van der Waals surface area (Å²) in [5, 5.41) is 0. The van der Waals surface area contributed by atoms with Crippen LogP contribution in [0.1, 0.15) is 32.1 Å². The molecule has 0 aromatic carbocycles. The fraction of sp³-hybridized carbons (Fsp3) is 0.692. The monoisotopic (exact) mass is 318 g/mol. The van der Waals surface area contributed by atoms with E-state index >= 15 is 0 Å². The van der Waals surface area contributed by atoms with Crippen LogP contribution in [0.5, 0.6) is 0 Å². The van der Waals surface area contributed by atoms with Crippen LogP contribution >= 0.6 is 15.9 Å². The van der Waals surface area contributed by atoms with E-state index in [1.54, 1.807) is 13.4 Å². The Kier molecular flexibility index (Phi) is 6.92. The summed E-state index contributed by atoms with van der Waals surface area (Å²) in [5.74, 6) is 0.897. The Morgan fingerprint density at radius 2 is 2.28 bits per heavy atom. The first-order valence-corrected chi connectivity index (χ1v) is 7.12. The second kappa shape index (κ2) is 7.94. The van der Waals surface area contributed by atoms with E-state index in [4.69, 9.17) is 14.9 Å². The summed E-state index contributed by atoms with van der Waals surface area (Å²) in [6.45, 7) is 6.45. The number of nitrogens with zero attached hydrogens (tertiary/aromatic N) is 1. The van der Waals surface area contributed by atoms with E-state index in [0.717, 1.165) is 23.2 Å². The van der Waals surface area contributed by atoms with E-state index in [-0.39, 0.29) is 6.04 Å². The van der Waals surface area contributed by atoms with Crippen molar-refractivity contribution in [1.82, 2.24) is 4.90 Å². The van der Waals surface area contributed by atoms with E-state index < -0.39 is 0 Å². The van der Waals surface area contributed by atoms with Gasteiger partial charge in [0.1, 0.15) is 5.76 Å². The van der Waals surface area contributed by atoms with Gasteiger partial charge in [-0.05, 0) is 35.3 Å². The van der Waals surface area contributed by atoms with Crippen molar-refractivity contribution in [3.63, 3.8) is 0 Å². The van der Waals surface area contributed by atoms with Gasteiger partial charge in [-0.25, -0.2) is 0 Å². The summed E-state index contributed by atoms with van der Waals surface area (Å²) in [5.41, 5.74) is 5.93. The Morgan fingerprint density at radius 1 is 1.56 bits per heavy atom. The zero-order chi connectivity index (χ0) is 13.5. The molecule has 1 rings (SSSR count). The summed E-state index contributed by atoms with van der Waals surface area (Å²) in [4.78, 5) is 2.34. The van der Waals surface area contributed by atoms with Crippen LogP contribution in [0.3, 0.4) is 0 Å². The zero-order valence-corrected chi connectivity index (χ0v) is 12.9. The van der Waals surface area contributed by atoms with Crippen LogP contribution in [0.2, 0.25) is 0 Å². The van der Waals surface area contributed by atoms with Gasteiger partial charge >= 0.3 is 0 Å². The normalized spacial score (nSPS) is 15.0. The Bertz CT molecular complexity index is 343. The van der Waals surface area contributed by atoms with Crippen LogP contribution in [0.25, 0.3) is 0 Å². The lowest BCUT2D eigenvalue weighted by Gasteiger charge is -2.34. The van der Waals surface area contributed by atoms with Gasteiger partial charge in [0, 0.05) is 26.2 Å². The number of hydrogen-bond acceptors (Lipinski definition) is 4. The molecule has 2 unspecified atom stereocenters. The van der Waals surface area contributed by atoms with Gasteiger partial charge in [0.2, 0.25) is 0 Å². The predicted molar refractivity (Wildman–Crippen MR) is 76.5 cm³/mol. The minimum atomic E-state index is 0.0828. The fourth-order valence-electron chi connectivity index (χ4n) is 2.05. The van der Waals surface area contributed by atoms with Gasteiger partial charge in [-0.2, -0.15) is 0 Å². The molecule has 0 radical (unpaired) electrons. The number of furan rings is 1. The predicted octanol–water partition coefficient (Wildman–Crippen LogP) is 2.79. The molecule has 4 nitrogen and oxygen atoms in total. The average molecular weight is 319 g/mol. The number of nitrogens with two attached hydrogens (primary N) is 1. The Hall–Kier alpha value is -0.360. The zero-order valence-electron chi connectivity index (χ0n) is 11.4. The van der Waals surface area contributed by atoms with Gasteiger partial charge in [0.05, 0.1) is 23.4 Å². The highest BCUT2D eigenvalue weighted by molar-refractivity contribution is 9.10. The van der Waals surface area contributed by atoms with Crippen LogP contribution in [0, 0.1) is 0 Å². The fourth-order valence-corrected chi connectivity index (χ4v) is 2.52. The van der Waals surface area contributed by atoms with E-state index in [1.807, 2.05) is 6.07 Å². The summed E-state index contributed by atoms with van der Waals surface area (Å²) in [6, 6.07) is 2.42. The molecule has 5 heteroatoms. The van der Waals surface area contributed by atoms with Crippen molar-refractivity contribution in [2.75, 3.05) is 26.8 Å². The molecule has 1 heterocycles. The summed E-state index contributed by atoms with van der Waals surface area (Å²) < 4.78 is 11.7. The number of halogens is 1. The average Bonchev–Trinajstić information content (AvgIpc) is 2.80. The molecular formula is C13H23BrN2O2. The quantitative estimate of drug-likeness (QED) is 0.800. The van der Waals surface area contributed by atoms with E-state index in [1.165, 1.54) is 0 Å². The maximum absolute atomic E-state index is 5.93. The third-order valence-corrected chi connectivity index (χ3v) is 3.94. The highest BCUT2D eigenvalue weighted by Gasteiger charge is 2.26. The highest BCUT2D eigenvalue weighted by Crippen LogP contribution is 2.30. The molecule has 0 bridgehead atoms. The minimum Gasteiger partial charge on any atom is -0.466 e. The summed E-state index contributed by atoms with van der Waals surface area (Å²) in [7, 11) is 1.72. The van der Waals surface area contributed by atoms with Gasteiger partial charge in [-0.3, -0.25) is 4.90 Å². The van der Waals surface area contributed by atoms with Crippen molar-refractivity contribution in [2.24, 2.45) is 5.73 Å². The van der Waals surface area contributed by atoms with Crippen molar-refractivity contribution < 1.29 is 9.15 Å². The third-order valence-electron chi connectivity index (χ3n) is 3.28. The topological polar surface area (TPSA) is 51.6 Å². The molecule has 2 atom stereocenters. The van der Waals surface area contributed by atoms with Crippen LogP contribution in [0.4, 0.5) is 0 Å². The maximum atomic E-state index is 5.93. The second-order valence-electron chi connectivity index (χ2n) is 4.37. The second-order valence-corrected chi connectivity index (χ2v) is 5.23. The summed E-state index contributed by atoms with van der Waals surface area (Å²) >= 11 is 3.51. The maximum Gasteiger partial charge on any atom is 0.136 e. The molecule has 104 valence electrons. The number of rotatable bonds is 8. The van der Waals surface area contributed by atoms with Crippen LogP contribution in [-0.4, -0.2) is 37.7 Å². The minimum absolute atomic E-state index is 0.0828. The van der Waals surface area contributed by atoms with Crippen molar-refractivity contribution in [3.05, 3.63) is 22.6 Å². The molecule has 0 saturated heterocycles.